The molecule has 7 heteroatoms. The molecule has 0 aliphatic carbocycles. The van der Waals surface area contributed by atoms with E-state index in [0.717, 1.165) is 0 Å². The van der Waals surface area contributed by atoms with Gasteiger partial charge in [0.1, 0.15) is 5.82 Å². The third-order valence-electron chi connectivity index (χ3n) is 3.91. The monoisotopic (exact) mass is 355 g/mol. The molecule has 1 aromatic rings. The smallest absolute Gasteiger partial charge is 0.312 e. The number of nitrogens with zero attached hydrogens (tertiary/aromatic N) is 2. The van der Waals surface area contributed by atoms with Gasteiger partial charge in [0.05, 0.1) is 10.5 Å². The average Bonchev–Trinajstić information content (AvgIpc) is 2.49. The van der Waals surface area contributed by atoms with Crippen molar-refractivity contribution in [3.05, 3.63) is 34.1 Å². The number of amides is 2. The molecule has 2 aliphatic heterocycles. The molecule has 21 heavy (non-hydrogen) atoms. The number of benzene rings is 1. The second kappa shape index (κ2) is 5.73. The Kier molecular flexibility index (Phi) is 3.95. The summed E-state index contributed by atoms with van der Waals surface area (Å²) < 4.78 is 13.9. The van der Waals surface area contributed by atoms with Crippen LogP contribution in [-0.2, 0) is 16.1 Å². The van der Waals surface area contributed by atoms with Crippen LogP contribution in [0.15, 0.2) is 22.7 Å². The molecule has 112 valence electrons. The van der Waals surface area contributed by atoms with Crippen molar-refractivity contribution in [2.75, 3.05) is 26.2 Å². The van der Waals surface area contributed by atoms with E-state index in [-0.39, 0.29) is 18.4 Å². The lowest BCUT2D eigenvalue weighted by atomic mass is 10.1. The highest BCUT2D eigenvalue weighted by Crippen LogP contribution is 2.24. The summed E-state index contributed by atoms with van der Waals surface area (Å²) in [6.45, 7) is 2.66. The van der Waals surface area contributed by atoms with Gasteiger partial charge >= 0.3 is 11.8 Å². The molecular weight excluding hydrogens is 341 g/mol. The average molecular weight is 356 g/mol. The summed E-state index contributed by atoms with van der Waals surface area (Å²) in [6, 6.07) is 4.69. The summed E-state index contributed by atoms with van der Waals surface area (Å²) in [5.41, 5.74) is 0.661. The van der Waals surface area contributed by atoms with Gasteiger partial charge in [-0.3, -0.25) is 9.59 Å². The lowest BCUT2D eigenvalue weighted by Crippen LogP contribution is -2.65. The van der Waals surface area contributed by atoms with Gasteiger partial charge in [-0.1, -0.05) is 12.1 Å². The highest BCUT2D eigenvalue weighted by Gasteiger charge is 2.40. The van der Waals surface area contributed by atoms with Crippen LogP contribution in [0.2, 0.25) is 0 Å². The molecule has 2 heterocycles. The Morgan fingerprint density at radius 2 is 2.14 bits per heavy atom. The van der Waals surface area contributed by atoms with Gasteiger partial charge in [0.15, 0.2) is 0 Å². The zero-order valence-electron chi connectivity index (χ0n) is 11.3. The van der Waals surface area contributed by atoms with E-state index in [9.17, 15) is 14.0 Å². The molecule has 0 spiro atoms. The standard InChI is InChI=1S/C14H15BrFN3O2/c15-12-9(2-1-3-11(12)16)7-18-8-10-6-17-4-5-19(10)14(21)13(18)20/h1-3,10,17H,4-8H2. The summed E-state index contributed by atoms with van der Waals surface area (Å²) in [5.74, 6) is -1.34. The molecular formula is C14H15BrFN3O2. The maximum atomic E-state index is 13.5. The van der Waals surface area contributed by atoms with Crippen molar-refractivity contribution in [2.45, 2.75) is 12.6 Å². The van der Waals surface area contributed by atoms with Gasteiger partial charge in [-0.05, 0) is 27.6 Å². The van der Waals surface area contributed by atoms with Gasteiger partial charge in [0.25, 0.3) is 0 Å². The molecule has 0 radical (unpaired) electrons. The Morgan fingerprint density at radius 3 is 2.95 bits per heavy atom. The van der Waals surface area contributed by atoms with Crippen molar-refractivity contribution < 1.29 is 14.0 Å². The molecule has 2 amide bonds. The Balaban J connectivity index is 1.80. The van der Waals surface area contributed by atoms with Gasteiger partial charge in [-0.2, -0.15) is 0 Å². The highest BCUT2D eigenvalue weighted by atomic mass is 79.9. The topological polar surface area (TPSA) is 52.7 Å². The summed E-state index contributed by atoms with van der Waals surface area (Å²) in [4.78, 5) is 27.5. The molecule has 5 nitrogen and oxygen atoms in total. The maximum absolute atomic E-state index is 13.5. The minimum Gasteiger partial charge on any atom is -0.328 e. The van der Waals surface area contributed by atoms with E-state index in [0.29, 0.717) is 36.2 Å². The molecule has 0 saturated carbocycles. The van der Waals surface area contributed by atoms with Gasteiger partial charge in [-0.25, -0.2) is 4.39 Å². The van der Waals surface area contributed by atoms with Crippen molar-refractivity contribution in [3.8, 4) is 0 Å². The van der Waals surface area contributed by atoms with E-state index in [1.165, 1.54) is 11.0 Å². The first-order chi connectivity index (χ1) is 10.1. The minimum atomic E-state index is -0.510. The molecule has 3 rings (SSSR count). The van der Waals surface area contributed by atoms with E-state index in [4.69, 9.17) is 0 Å². The number of nitrogens with one attached hydrogen (secondary N) is 1. The third-order valence-corrected chi connectivity index (χ3v) is 4.79. The number of piperazine rings is 2. The molecule has 2 saturated heterocycles. The Labute approximate surface area is 130 Å². The maximum Gasteiger partial charge on any atom is 0.312 e. The molecule has 2 aliphatic rings. The summed E-state index contributed by atoms with van der Waals surface area (Å²) in [6.07, 6.45) is 0. The van der Waals surface area contributed by atoms with Crippen LogP contribution in [0.5, 0.6) is 0 Å². The normalized spacial score (nSPS) is 22.5. The summed E-state index contributed by atoms with van der Waals surface area (Å²) >= 11 is 3.19. The molecule has 1 atom stereocenters. The van der Waals surface area contributed by atoms with Crippen LogP contribution in [0.1, 0.15) is 5.56 Å². The largest absolute Gasteiger partial charge is 0.328 e. The molecule has 1 aromatic carbocycles. The van der Waals surface area contributed by atoms with Crippen LogP contribution < -0.4 is 5.32 Å². The fourth-order valence-electron chi connectivity index (χ4n) is 2.80. The van der Waals surface area contributed by atoms with E-state index in [1.54, 1.807) is 17.0 Å². The number of carbonyl (C=O) groups is 2. The lowest BCUT2D eigenvalue weighted by molar-refractivity contribution is -0.160. The Morgan fingerprint density at radius 1 is 1.33 bits per heavy atom. The zero-order chi connectivity index (χ0) is 15.0. The van der Waals surface area contributed by atoms with Crippen LogP contribution in [-0.4, -0.2) is 53.8 Å². The second-order valence-electron chi connectivity index (χ2n) is 5.26. The van der Waals surface area contributed by atoms with Crippen molar-refractivity contribution in [1.82, 2.24) is 15.1 Å². The van der Waals surface area contributed by atoms with Crippen molar-refractivity contribution in [2.24, 2.45) is 0 Å². The first-order valence-corrected chi connectivity index (χ1v) is 7.60. The van der Waals surface area contributed by atoms with Crippen LogP contribution in [0.3, 0.4) is 0 Å². The Bertz CT molecular complexity index is 596. The number of carbonyl (C=O) groups excluding carboxylic acids is 2. The van der Waals surface area contributed by atoms with Crippen LogP contribution in [0.25, 0.3) is 0 Å². The number of hydrogen-bond acceptors (Lipinski definition) is 3. The minimum absolute atomic E-state index is 0.00344. The SMILES string of the molecule is O=C1C(=O)N2CCNCC2CN1Cc1cccc(F)c1Br. The van der Waals surface area contributed by atoms with E-state index >= 15 is 0 Å². The fourth-order valence-corrected chi connectivity index (χ4v) is 3.19. The van der Waals surface area contributed by atoms with E-state index in [1.807, 2.05) is 0 Å². The molecule has 1 unspecified atom stereocenters. The predicted octanol–water partition coefficient (Wildman–Crippen LogP) is 0.731. The van der Waals surface area contributed by atoms with Crippen molar-refractivity contribution >= 4 is 27.7 Å². The first-order valence-electron chi connectivity index (χ1n) is 6.81. The zero-order valence-corrected chi connectivity index (χ0v) is 12.9. The summed E-state index contributed by atoms with van der Waals surface area (Å²) in [5, 5.41) is 3.22. The highest BCUT2D eigenvalue weighted by molar-refractivity contribution is 9.10. The van der Waals surface area contributed by atoms with E-state index in [2.05, 4.69) is 21.2 Å². The molecule has 0 aromatic heterocycles. The van der Waals surface area contributed by atoms with Crippen molar-refractivity contribution in [3.63, 3.8) is 0 Å². The predicted molar refractivity (Wildman–Crippen MR) is 77.9 cm³/mol. The van der Waals surface area contributed by atoms with Crippen LogP contribution >= 0.6 is 15.9 Å². The second-order valence-corrected chi connectivity index (χ2v) is 6.05. The first kappa shape index (κ1) is 14.5. The van der Waals surface area contributed by atoms with Crippen LogP contribution in [0.4, 0.5) is 4.39 Å². The number of halogens is 2. The Hall–Kier alpha value is -1.47. The lowest BCUT2D eigenvalue weighted by Gasteiger charge is -2.43. The van der Waals surface area contributed by atoms with Crippen LogP contribution in [0, 0.1) is 5.82 Å². The molecule has 2 fully saturated rings. The number of hydrogen-bond donors (Lipinski definition) is 1. The summed E-state index contributed by atoms with van der Waals surface area (Å²) in [7, 11) is 0. The number of rotatable bonds is 2. The van der Waals surface area contributed by atoms with Gasteiger partial charge < -0.3 is 15.1 Å². The van der Waals surface area contributed by atoms with Gasteiger partial charge in [0.2, 0.25) is 0 Å². The fraction of sp³-hybridized carbons (Fsp3) is 0.429. The molecule has 1 N–H and O–H groups in total. The third kappa shape index (κ3) is 2.67. The number of fused-ring (bicyclic) bond motifs is 1. The van der Waals surface area contributed by atoms with Crippen molar-refractivity contribution in [1.29, 1.82) is 0 Å². The van der Waals surface area contributed by atoms with E-state index < -0.39 is 11.8 Å². The van der Waals surface area contributed by atoms with Gasteiger partial charge in [-0.15, -0.1) is 0 Å². The van der Waals surface area contributed by atoms with Gasteiger partial charge in [0, 0.05) is 32.7 Å². The molecule has 0 bridgehead atoms. The quantitative estimate of drug-likeness (QED) is 0.795.